The average molecular weight is 633 g/mol. The number of allylic oxidation sites excluding steroid dienone is 6. The second-order valence-electron chi connectivity index (χ2n) is 13.2. The fourth-order valence-electron chi connectivity index (χ4n) is 7.20. The molecule has 2 aromatic rings. The Kier molecular flexibility index (Phi) is 11.6. The highest BCUT2D eigenvalue weighted by Crippen LogP contribution is 2.46. The summed E-state index contributed by atoms with van der Waals surface area (Å²) in [5.41, 5.74) is 7.83. The first-order valence-corrected chi connectivity index (χ1v) is 16.3. The molecule has 0 heterocycles. The summed E-state index contributed by atoms with van der Waals surface area (Å²) in [5, 5.41) is 42.3. The highest BCUT2D eigenvalue weighted by atomic mass is 17.0. The van der Waals surface area contributed by atoms with Crippen LogP contribution in [-0.4, -0.2) is 38.7 Å². The maximum absolute atomic E-state index is 12.3. The molecule has 46 heavy (non-hydrogen) atoms. The van der Waals surface area contributed by atoms with Crippen LogP contribution in [0.15, 0.2) is 71.9 Å². The standard InChI is InChI=1S/C38H49NO7/c1-23(2)31-13-11-25(5)17-33(31)37-27(19-29(40)21-35(37)42)9-7-15-45-39(44)46-16-8-10-28-20-30(41)22-36(43)38(28)34-18-26(6)12-14-32(34)24(3)4/h17-22,31-34H,1,3,7-16H2,2,4-6H3,(H3-,40,41,42,43)/p+1/t31-,32-,33+,34+/m0/s1. The van der Waals surface area contributed by atoms with Crippen molar-refractivity contribution in [3.8, 4) is 23.0 Å². The highest BCUT2D eigenvalue weighted by molar-refractivity contribution is 5.51. The van der Waals surface area contributed by atoms with Crippen molar-refractivity contribution >= 4 is 0 Å². The quantitative estimate of drug-likeness (QED) is 0.0934. The van der Waals surface area contributed by atoms with Gasteiger partial charge in [-0.25, -0.2) is 0 Å². The first-order valence-electron chi connectivity index (χ1n) is 16.3. The number of aromatic hydroxyl groups is 4. The Hall–Kier alpha value is -4.20. The van der Waals surface area contributed by atoms with Crippen molar-refractivity contribution in [3.05, 3.63) is 99.0 Å². The molecule has 0 fully saturated rings. The van der Waals surface area contributed by atoms with Gasteiger partial charge in [-0.3, -0.25) is 0 Å². The predicted molar refractivity (Wildman–Crippen MR) is 180 cm³/mol. The molecule has 4 atom stereocenters. The fraction of sp³-hybridized carbons (Fsp3) is 0.474. The van der Waals surface area contributed by atoms with Crippen molar-refractivity contribution in [2.45, 2.75) is 90.9 Å². The molecule has 0 amide bonds. The molecule has 0 saturated heterocycles. The minimum Gasteiger partial charge on any atom is -0.508 e. The maximum atomic E-state index is 12.3. The summed E-state index contributed by atoms with van der Waals surface area (Å²) in [4.78, 5) is 22.8. The predicted octanol–water partition coefficient (Wildman–Crippen LogP) is 8.75. The molecule has 2 aliphatic rings. The lowest BCUT2D eigenvalue weighted by molar-refractivity contribution is -0.981. The van der Waals surface area contributed by atoms with Gasteiger partial charge < -0.3 is 20.4 Å². The third kappa shape index (κ3) is 8.53. The molecule has 0 unspecified atom stereocenters. The van der Waals surface area contributed by atoms with Gasteiger partial charge in [0.25, 0.3) is 0 Å². The number of hydrogen-bond donors (Lipinski definition) is 4. The van der Waals surface area contributed by atoms with Gasteiger partial charge in [0.1, 0.15) is 27.9 Å². The van der Waals surface area contributed by atoms with E-state index in [0.29, 0.717) is 25.7 Å². The minimum atomic E-state index is -0.0408. The third-order valence-electron chi connectivity index (χ3n) is 9.46. The number of phenols is 4. The summed E-state index contributed by atoms with van der Waals surface area (Å²) >= 11 is 0. The summed E-state index contributed by atoms with van der Waals surface area (Å²) in [7, 11) is 0. The van der Waals surface area contributed by atoms with Crippen LogP contribution in [0.1, 0.15) is 100 Å². The summed E-state index contributed by atoms with van der Waals surface area (Å²) < 4.78 is 0. The normalized spacial score (nSPS) is 21.2. The van der Waals surface area contributed by atoms with E-state index < -0.39 is 0 Å². The van der Waals surface area contributed by atoms with Crippen molar-refractivity contribution in [1.82, 2.24) is 0 Å². The number of hydrogen-bond acceptors (Lipinski definition) is 7. The van der Waals surface area contributed by atoms with Crippen LogP contribution < -0.4 is 0 Å². The van der Waals surface area contributed by atoms with Gasteiger partial charge in [-0.1, -0.05) is 47.6 Å². The van der Waals surface area contributed by atoms with E-state index in [1.54, 1.807) is 12.1 Å². The van der Waals surface area contributed by atoms with E-state index in [1.807, 2.05) is 13.8 Å². The molecule has 0 saturated carbocycles. The second kappa shape index (κ2) is 15.4. The Bertz CT molecular complexity index is 1410. The largest absolute Gasteiger partial charge is 0.508 e. The zero-order chi connectivity index (χ0) is 33.5. The van der Waals surface area contributed by atoms with Crippen LogP contribution in [-0.2, 0) is 22.5 Å². The Morgan fingerprint density at radius 1 is 0.739 bits per heavy atom. The fourth-order valence-corrected chi connectivity index (χ4v) is 7.20. The van der Waals surface area contributed by atoms with E-state index in [2.05, 4.69) is 39.2 Å². The van der Waals surface area contributed by atoms with Crippen molar-refractivity contribution in [2.24, 2.45) is 11.8 Å². The SMILES string of the molecule is C=C(C)[C@@H]1CCC(C)=C[C@H]1c1c(O)cc(O)cc1CCCO[N+](=O)OCCCc1cc(O)cc(O)c1[C@@H]1C=C(C)CC[C@H]1C(=C)C. The monoisotopic (exact) mass is 632 g/mol. The van der Waals surface area contributed by atoms with Crippen molar-refractivity contribution < 1.29 is 35.2 Å². The van der Waals surface area contributed by atoms with Gasteiger partial charge in [0.2, 0.25) is 0 Å². The first kappa shape index (κ1) is 34.7. The van der Waals surface area contributed by atoms with Gasteiger partial charge in [-0.2, -0.15) is 9.68 Å². The van der Waals surface area contributed by atoms with E-state index in [0.717, 1.165) is 59.1 Å². The van der Waals surface area contributed by atoms with E-state index in [9.17, 15) is 25.3 Å². The van der Waals surface area contributed by atoms with Gasteiger partial charge >= 0.3 is 5.09 Å². The van der Waals surface area contributed by atoms with E-state index >= 15 is 0 Å². The number of nitrogens with zero attached hydrogens (tertiary/aromatic N) is 1. The van der Waals surface area contributed by atoms with Crippen molar-refractivity contribution in [1.29, 1.82) is 0 Å². The summed E-state index contributed by atoms with van der Waals surface area (Å²) in [6.07, 6.45) is 10.2. The molecule has 2 aromatic carbocycles. The van der Waals surface area contributed by atoms with Gasteiger partial charge in [-0.05, 0) is 114 Å². The molecule has 0 spiro atoms. The molecule has 248 valence electrons. The van der Waals surface area contributed by atoms with Crippen LogP contribution in [0, 0.1) is 16.7 Å². The van der Waals surface area contributed by atoms with Gasteiger partial charge in [0, 0.05) is 35.1 Å². The van der Waals surface area contributed by atoms with E-state index in [-0.39, 0.29) is 65.0 Å². The van der Waals surface area contributed by atoms with Crippen LogP contribution in [0.3, 0.4) is 0 Å². The number of phenolic OH excluding ortho intramolecular Hbond substituents is 4. The molecule has 0 radical (unpaired) electrons. The second-order valence-corrected chi connectivity index (χ2v) is 13.2. The molecule has 8 heteroatoms. The molecule has 8 nitrogen and oxygen atoms in total. The van der Waals surface area contributed by atoms with Crippen molar-refractivity contribution in [2.75, 3.05) is 13.2 Å². The Morgan fingerprint density at radius 2 is 1.13 bits per heavy atom. The van der Waals surface area contributed by atoms with E-state index in [1.165, 1.54) is 23.3 Å². The Labute approximate surface area is 272 Å². The first-order chi connectivity index (χ1) is 21.8. The average Bonchev–Trinajstić information content (AvgIpc) is 2.96. The molecule has 4 rings (SSSR count). The molecular formula is C38H50NO7+. The van der Waals surface area contributed by atoms with Crippen LogP contribution >= 0.6 is 0 Å². The van der Waals surface area contributed by atoms with Crippen LogP contribution in [0.5, 0.6) is 23.0 Å². The summed E-state index contributed by atoms with van der Waals surface area (Å²) in [6, 6.07) is 6.10. The number of benzene rings is 2. The van der Waals surface area contributed by atoms with Crippen LogP contribution in [0.25, 0.3) is 0 Å². The van der Waals surface area contributed by atoms with Gasteiger partial charge in [-0.15, -0.1) is 0 Å². The lowest BCUT2D eigenvalue weighted by atomic mass is 9.72. The highest BCUT2D eigenvalue weighted by Gasteiger charge is 2.31. The van der Waals surface area contributed by atoms with E-state index in [4.69, 9.17) is 9.68 Å². The maximum Gasteiger partial charge on any atom is 0.477 e. The molecule has 0 aromatic heterocycles. The lowest BCUT2D eigenvalue weighted by Crippen LogP contribution is -2.19. The molecule has 0 bridgehead atoms. The zero-order valence-corrected chi connectivity index (χ0v) is 27.7. The number of rotatable bonds is 14. The third-order valence-corrected chi connectivity index (χ3v) is 9.46. The summed E-state index contributed by atoms with van der Waals surface area (Å²) in [5.74, 6) is 0.386. The molecular weight excluding hydrogens is 582 g/mol. The Balaban J connectivity index is 1.32. The zero-order valence-electron chi connectivity index (χ0n) is 27.7. The smallest absolute Gasteiger partial charge is 0.477 e. The molecule has 0 aliphatic heterocycles. The van der Waals surface area contributed by atoms with Gasteiger partial charge in [0.15, 0.2) is 13.2 Å². The van der Waals surface area contributed by atoms with Gasteiger partial charge in [0.05, 0.1) is 0 Å². The lowest BCUT2D eigenvalue weighted by Gasteiger charge is -2.32. The minimum absolute atomic E-state index is 0.0117. The van der Waals surface area contributed by atoms with Crippen LogP contribution in [0.2, 0.25) is 0 Å². The summed E-state index contributed by atoms with van der Waals surface area (Å²) in [6.45, 7) is 16.8. The van der Waals surface area contributed by atoms with Crippen molar-refractivity contribution in [3.63, 3.8) is 0 Å². The number of aryl methyl sites for hydroxylation is 2. The molecule has 4 N–H and O–H groups in total. The Morgan fingerprint density at radius 3 is 1.50 bits per heavy atom. The van der Waals surface area contributed by atoms with Crippen LogP contribution in [0.4, 0.5) is 0 Å². The molecule has 2 aliphatic carbocycles. The topological polar surface area (TPSA) is 119 Å².